The highest BCUT2D eigenvalue weighted by atomic mass is 79.9. The molecular formula is C25H22BrClN2O4. The number of rotatable bonds is 8. The Bertz CT molecular complexity index is 1240. The first kappa shape index (κ1) is 24.5. The first-order chi connectivity index (χ1) is 15.6. The molecule has 3 aromatic rings. The fourth-order valence-corrected chi connectivity index (χ4v) is 3.85. The second-order valence-corrected chi connectivity index (χ2v) is 8.92. The molecule has 0 aromatic heterocycles. The highest BCUT2D eigenvalue weighted by Crippen LogP contribution is 2.31. The van der Waals surface area contributed by atoms with Crippen molar-refractivity contribution < 1.29 is 19.5 Å². The number of nitrogens with one attached hydrogen (secondary N) is 2. The van der Waals surface area contributed by atoms with Crippen LogP contribution in [0.3, 0.4) is 0 Å². The van der Waals surface area contributed by atoms with Gasteiger partial charge in [-0.25, -0.2) is 0 Å². The van der Waals surface area contributed by atoms with E-state index in [9.17, 15) is 14.4 Å². The van der Waals surface area contributed by atoms with E-state index in [1.165, 1.54) is 0 Å². The fraction of sp³-hybridized carbons (Fsp3) is 0.160. The zero-order valence-electron chi connectivity index (χ0n) is 18.0. The number of carboxylic acids is 1. The minimum atomic E-state index is -1.04. The van der Waals surface area contributed by atoms with Gasteiger partial charge in [0.15, 0.2) is 5.78 Å². The molecule has 3 N–H and O–H groups in total. The van der Waals surface area contributed by atoms with E-state index in [4.69, 9.17) is 16.7 Å². The maximum absolute atomic E-state index is 13.0. The van der Waals surface area contributed by atoms with Crippen molar-refractivity contribution in [2.75, 3.05) is 10.6 Å². The highest BCUT2D eigenvalue weighted by Gasteiger charge is 2.16. The van der Waals surface area contributed by atoms with E-state index in [1.54, 1.807) is 36.4 Å². The van der Waals surface area contributed by atoms with Crippen LogP contribution in [0, 0.1) is 13.8 Å². The van der Waals surface area contributed by atoms with Crippen molar-refractivity contribution in [3.63, 3.8) is 0 Å². The number of carbonyl (C=O) groups excluding carboxylic acids is 2. The summed E-state index contributed by atoms with van der Waals surface area (Å²) in [6, 6.07) is 16.0. The smallest absolute Gasteiger partial charge is 0.303 e. The van der Waals surface area contributed by atoms with Crippen LogP contribution in [0.15, 0.2) is 59.1 Å². The molecule has 3 aromatic carbocycles. The number of anilines is 3. The molecular weight excluding hydrogens is 508 g/mol. The van der Waals surface area contributed by atoms with Crippen molar-refractivity contribution >= 4 is 62.3 Å². The molecule has 0 unspecified atom stereocenters. The van der Waals surface area contributed by atoms with Crippen molar-refractivity contribution in [2.24, 2.45) is 0 Å². The molecule has 0 aliphatic carbocycles. The van der Waals surface area contributed by atoms with Crippen LogP contribution >= 0.6 is 27.5 Å². The molecule has 170 valence electrons. The molecule has 0 bridgehead atoms. The quantitative estimate of drug-likeness (QED) is 0.290. The molecule has 0 atom stereocenters. The normalized spacial score (nSPS) is 10.5. The molecule has 0 spiro atoms. The second kappa shape index (κ2) is 10.6. The van der Waals surface area contributed by atoms with Gasteiger partial charge >= 0.3 is 5.97 Å². The Morgan fingerprint density at radius 2 is 1.67 bits per heavy atom. The van der Waals surface area contributed by atoms with Crippen LogP contribution < -0.4 is 10.6 Å². The summed E-state index contributed by atoms with van der Waals surface area (Å²) >= 11 is 9.83. The third kappa shape index (κ3) is 6.43. The number of aryl methyl sites for hydroxylation is 2. The van der Waals surface area contributed by atoms with Gasteiger partial charge in [0.25, 0.3) is 0 Å². The van der Waals surface area contributed by atoms with Crippen molar-refractivity contribution in [3.05, 3.63) is 86.3 Å². The third-order valence-corrected chi connectivity index (χ3v) is 5.76. The molecule has 6 nitrogen and oxygen atoms in total. The van der Waals surface area contributed by atoms with E-state index in [-0.39, 0.29) is 18.6 Å². The first-order valence-electron chi connectivity index (χ1n) is 10.1. The molecule has 0 saturated heterocycles. The summed E-state index contributed by atoms with van der Waals surface area (Å²) in [5.41, 5.74) is 4.57. The zero-order chi connectivity index (χ0) is 24.1. The summed E-state index contributed by atoms with van der Waals surface area (Å²) in [7, 11) is 0. The number of benzene rings is 3. The SMILES string of the molecule is Cc1ccc(C)c(C(=O)c2ccc(Nc3ccc(Br)cc3NC(=O)CCC(=O)O)cc2Cl)c1. The summed E-state index contributed by atoms with van der Waals surface area (Å²) in [6.07, 6.45) is -0.392. The van der Waals surface area contributed by atoms with E-state index in [0.29, 0.717) is 33.2 Å². The van der Waals surface area contributed by atoms with Crippen molar-refractivity contribution in [1.29, 1.82) is 0 Å². The molecule has 3 rings (SSSR count). The van der Waals surface area contributed by atoms with E-state index in [2.05, 4.69) is 26.6 Å². The van der Waals surface area contributed by atoms with Gasteiger partial charge in [-0.2, -0.15) is 0 Å². The summed E-state index contributed by atoms with van der Waals surface area (Å²) in [5, 5.41) is 15.0. The molecule has 33 heavy (non-hydrogen) atoms. The maximum Gasteiger partial charge on any atom is 0.303 e. The third-order valence-electron chi connectivity index (χ3n) is 4.95. The minimum absolute atomic E-state index is 0.137. The van der Waals surface area contributed by atoms with Gasteiger partial charge in [0, 0.05) is 27.7 Å². The average molecular weight is 530 g/mol. The van der Waals surface area contributed by atoms with E-state index in [0.717, 1.165) is 15.6 Å². The van der Waals surface area contributed by atoms with Crippen LogP contribution in [0.1, 0.15) is 39.9 Å². The topological polar surface area (TPSA) is 95.5 Å². The molecule has 1 amide bonds. The number of hydrogen-bond donors (Lipinski definition) is 3. The molecule has 0 heterocycles. The molecule has 0 aliphatic rings. The fourth-order valence-electron chi connectivity index (χ4n) is 3.22. The largest absolute Gasteiger partial charge is 0.481 e. The Hall–Kier alpha value is -3.16. The number of aliphatic carboxylic acids is 1. The first-order valence-corrected chi connectivity index (χ1v) is 11.3. The maximum atomic E-state index is 13.0. The summed E-state index contributed by atoms with van der Waals surface area (Å²) in [5.74, 6) is -1.60. The Morgan fingerprint density at radius 3 is 2.36 bits per heavy atom. The lowest BCUT2D eigenvalue weighted by atomic mass is 9.97. The van der Waals surface area contributed by atoms with Gasteiger partial charge in [0.1, 0.15) is 0 Å². The van der Waals surface area contributed by atoms with Crippen LogP contribution in [0.4, 0.5) is 17.1 Å². The Morgan fingerprint density at radius 1 is 0.909 bits per heavy atom. The van der Waals surface area contributed by atoms with E-state index >= 15 is 0 Å². The van der Waals surface area contributed by atoms with Crippen LogP contribution in [-0.2, 0) is 9.59 Å². The van der Waals surface area contributed by atoms with Crippen molar-refractivity contribution in [1.82, 2.24) is 0 Å². The number of carbonyl (C=O) groups is 3. The summed E-state index contributed by atoms with van der Waals surface area (Å²) < 4.78 is 0.745. The average Bonchev–Trinajstić information content (AvgIpc) is 2.75. The molecule has 8 heteroatoms. The van der Waals surface area contributed by atoms with Gasteiger partial charge in [-0.15, -0.1) is 0 Å². The number of carboxylic acid groups (broad SMARTS) is 1. The highest BCUT2D eigenvalue weighted by molar-refractivity contribution is 9.10. The van der Waals surface area contributed by atoms with Crippen LogP contribution in [0.5, 0.6) is 0 Å². The second-order valence-electron chi connectivity index (χ2n) is 7.60. The molecule has 0 fully saturated rings. The van der Waals surface area contributed by atoms with Gasteiger partial charge in [0.05, 0.1) is 22.8 Å². The number of amides is 1. The predicted molar refractivity (Wildman–Crippen MR) is 134 cm³/mol. The zero-order valence-corrected chi connectivity index (χ0v) is 20.4. The molecule has 0 radical (unpaired) electrons. The van der Waals surface area contributed by atoms with Gasteiger partial charge in [-0.05, 0) is 61.9 Å². The van der Waals surface area contributed by atoms with Gasteiger partial charge in [0.2, 0.25) is 5.91 Å². The van der Waals surface area contributed by atoms with Crippen LogP contribution in [-0.4, -0.2) is 22.8 Å². The van der Waals surface area contributed by atoms with Crippen molar-refractivity contribution in [3.8, 4) is 0 Å². The van der Waals surface area contributed by atoms with Crippen molar-refractivity contribution in [2.45, 2.75) is 26.7 Å². The lowest BCUT2D eigenvalue weighted by Crippen LogP contribution is -2.14. The Kier molecular flexibility index (Phi) is 7.89. The molecule has 0 aliphatic heterocycles. The van der Waals surface area contributed by atoms with E-state index < -0.39 is 11.9 Å². The number of halogens is 2. The number of ketones is 1. The van der Waals surface area contributed by atoms with Crippen LogP contribution in [0.2, 0.25) is 5.02 Å². The monoisotopic (exact) mass is 528 g/mol. The Labute approximate surface area is 205 Å². The van der Waals surface area contributed by atoms with Gasteiger partial charge < -0.3 is 15.7 Å². The van der Waals surface area contributed by atoms with Gasteiger partial charge in [-0.1, -0.05) is 45.2 Å². The lowest BCUT2D eigenvalue weighted by molar-refractivity contribution is -0.138. The Balaban J connectivity index is 1.83. The minimum Gasteiger partial charge on any atom is -0.481 e. The van der Waals surface area contributed by atoms with E-state index in [1.807, 2.05) is 32.0 Å². The lowest BCUT2D eigenvalue weighted by Gasteiger charge is -2.15. The van der Waals surface area contributed by atoms with Gasteiger partial charge in [-0.3, -0.25) is 14.4 Å². The standard InChI is InChI=1S/C25H22BrClN2O4/c1-14-3-4-15(2)19(11-14)25(33)18-7-6-17(13-20(18)27)28-21-8-5-16(26)12-22(21)29-23(30)9-10-24(31)32/h3-8,11-13,28H,9-10H2,1-2H3,(H,29,30)(H,31,32). The predicted octanol–water partition coefficient (Wildman–Crippen LogP) is 6.50. The molecule has 0 saturated carbocycles. The summed E-state index contributed by atoms with van der Waals surface area (Å²) in [6.45, 7) is 3.82. The summed E-state index contributed by atoms with van der Waals surface area (Å²) in [4.78, 5) is 35.9. The number of hydrogen-bond acceptors (Lipinski definition) is 4. The van der Waals surface area contributed by atoms with Crippen LogP contribution in [0.25, 0.3) is 0 Å².